The van der Waals surface area contributed by atoms with E-state index in [1.165, 1.54) is 0 Å². The molecule has 1 aliphatic rings. The minimum Gasteiger partial charge on any atom is -0.369 e. The van der Waals surface area contributed by atoms with Crippen LogP contribution in [0.3, 0.4) is 0 Å². The van der Waals surface area contributed by atoms with Gasteiger partial charge in [0.2, 0.25) is 5.91 Å². The number of ether oxygens (including phenoxy) is 1. The van der Waals surface area contributed by atoms with Crippen LogP contribution in [0.5, 0.6) is 0 Å². The molecule has 0 spiro atoms. The summed E-state index contributed by atoms with van der Waals surface area (Å²) in [5.41, 5.74) is 1.90. The maximum absolute atomic E-state index is 12.8. The molecule has 0 N–H and O–H groups in total. The predicted molar refractivity (Wildman–Crippen MR) is 98.1 cm³/mol. The number of hydrogen-bond acceptors (Lipinski definition) is 3. The Hall–Kier alpha value is -2.20. The summed E-state index contributed by atoms with van der Waals surface area (Å²) in [6.07, 6.45) is 3.95. The highest BCUT2D eigenvalue weighted by Gasteiger charge is 2.38. The van der Waals surface area contributed by atoms with Crippen LogP contribution in [-0.4, -0.2) is 34.5 Å². The Kier molecular flexibility index (Phi) is 5.49. The molecule has 3 rings (SSSR count). The van der Waals surface area contributed by atoms with E-state index in [1.54, 1.807) is 6.20 Å². The average Bonchev–Trinajstić information content (AvgIpc) is 2.63. The number of amides is 1. The van der Waals surface area contributed by atoms with Gasteiger partial charge in [-0.15, -0.1) is 0 Å². The zero-order valence-electron chi connectivity index (χ0n) is 15.0. The molecule has 1 unspecified atom stereocenters. The van der Waals surface area contributed by atoms with Gasteiger partial charge in [0.1, 0.15) is 6.10 Å². The van der Waals surface area contributed by atoms with Crippen LogP contribution >= 0.6 is 0 Å². The molecular formula is C21H26N2O2. The first-order valence-corrected chi connectivity index (χ1v) is 8.93. The van der Waals surface area contributed by atoms with Gasteiger partial charge >= 0.3 is 0 Å². The molecule has 2 aromatic rings. The predicted octanol–water partition coefficient (Wildman–Crippen LogP) is 3.78. The Balaban J connectivity index is 1.60. The van der Waals surface area contributed by atoms with Crippen LogP contribution in [0.4, 0.5) is 0 Å². The van der Waals surface area contributed by atoms with Crippen molar-refractivity contribution in [2.24, 2.45) is 0 Å². The van der Waals surface area contributed by atoms with Gasteiger partial charge in [-0.05, 0) is 44.4 Å². The number of hydrogen-bond donors (Lipinski definition) is 0. The molecular weight excluding hydrogens is 312 g/mol. The second-order valence-corrected chi connectivity index (χ2v) is 7.20. The molecule has 0 aliphatic carbocycles. The fraction of sp³-hybridized carbons (Fsp3) is 0.429. The first-order valence-electron chi connectivity index (χ1n) is 8.93. The van der Waals surface area contributed by atoms with Gasteiger partial charge in [-0.3, -0.25) is 9.78 Å². The van der Waals surface area contributed by atoms with Crippen molar-refractivity contribution in [3.05, 3.63) is 66.0 Å². The Bertz CT molecular complexity index is 686. The van der Waals surface area contributed by atoms with Crippen molar-refractivity contribution in [1.82, 2.24) is 9.88 Å². The van der Waals surface area contributed by atoms with Crippen molar-refractivity contribution < 1.29 is 9.53 Å². The highest BCUT2D eigenvalue weighted by atomic mass is 16.5. The lowest BCUT2D eigenvalue weighted by Gasteiger charge is -2.45. The molecule has 1 aromatic carbocycles. The summed E-state index contributed by atoms with van der Waals surface area (Å²) in [7, 11) is 0. The second-order valence-electron chi connectivity index (χ2n) is 7.20. The smallest absolute Gasteiger partial charge is 0.223 e. The summed E-state index contributed by atoms with van der Waals surface area (Å²) >= 11 is 0. The maximum atomic E-state index is 12.8. The molecule has 1 saturated heterocycles. The first-order chi connectivity index (χ1) is 12.1. The Labute approximate surface area is 149 Å². The molecule has 2 heterocycles. The summed E-state index contributed by atoms with van der Waals surface area (Å²) in [5.74, 6) is 0.199. The summed E-state index contributed by atoms with van der Waals surface area (Å²) in [5, 5.41) is 0. The van der Waals surface area contributed by atoms with Crippen molar-refractivity contribution in [2.75, 3.05) is 13.2 Å². The number of pyridine rings is 1. The van der Waals surface area contributed by atoms with Crippen LogP contribution in [0.1, 0.15) is 44.1 Å². The number of benzene rings is 1. The Morgan fingerprint density at radius 3 is 2.68 bits per heavy atom. The molecule has 1 aliphatic heterocycles. The number of rotatable bonds is 5. The third kappa shape index (κ3) is 4.45. The fourth-order valence-corrected chi connectivity index (χ4v) is 3.26. The van der Waals surface area contributed by atoms with Gasteiger partial charge in [0.25, 0.3) is 0 Å². The minimum atomic E-state index is -0.270. The zero-order valence-corrected chi connectivity index (χ0v) is 15.0. The van der Waals surface area contributed by atoms with Crippen LogP contribution in [-0.2, 0) is 16.0 Å². The van der Waals surface area contributed by atoms with Crippen LogP contribution in [0.15, 0.2) is 54.7 Å². The minimum absolute atomic E-state index is 0.0473. The van der Waals surface area contributed by atoms with Gasteiger partial charge in [-0.2, -0.15) is 0 Å². The number of aryl methyl sites for hydroxylation is 1. The largest absolute Gasteiger partial charge is 0.369 e. The van der Waals surface area contributed by atoms with Crippen LogP contribution < -0.4 is 0 Å². The normalized spacial score (nSPS) is 19.6. The van der Waals surface area contributed by atoms with Crippen molar-refractivity contribution in [1.29, 1.82) is 0 Å². The van der Waals surface area contributed by atoms with E-state index in [2.05, 4.69) is 31.0 Å². The van der Waals surface area contributed by atoms with Gasteiger partial charge in [0.15, 0.2) is 0 Å². The molecule has 25 heavy (non-hydrogen) atoms. The summed E-state index contributed by atoms with van der Waals surface area (Å²) in [6, 6.07) is 16.0. The van der Waals surface area contributed by atoms with Crippen molar-refractivity contribution in [2.45, 2.75) is 44.8 Å². The lowest BCUT2D eigenvalue weighted by Crippen LogP contribution is -2.56. The number of morpholine rings is 1. The maximum Gasteiger partial charge on any atom is 0.223 e. The van der Waals surface area contributed by atoms with Crippen molar-refractivity contribution in [3.8, 4) is 0 Å². The molecule has 132 valence electrons. The van der Waals surface area contributed by atoms with E-state index in [4.69, 9.17) is 4.74 Å². The fourth-order valence-electron chi connectivity index (χ4n) is 3.26. The third-order valence-electron chi connectivity index (χ3n) is 4.74. The number of aromatic nitrogens is 1. The van der Waals surface area contributed by atoms with Gasteiger partial charge in [0.05, 0.1) is 18.7 Å². The summed E-state index contributed by atoms with van der Waals surface area (Å²) < 4.78 is 6.03. The molecule has 0 bridgehead atoms. The van der Waals surface area contributed by atoms with Crippen molar-refractivity contribution in [3.63, 3.8) is 0 Å². The quantitative estimate of drug-likeness (QED) is 0.833. The van der Waals surface area contributed by atoms with Gasteiger partial charge < -0.3 is 9.64 Å². The molecule has 1 aromatic heterocycles. The van der Waals surface area contributed by atoms with E-state index in [0.29, 0.717) is 19.6 Å². The molecule has 0 saturated carbocycles. The molecule has 1 fully saturated rings. The van der Waals surface area contributed by atoms with E-state index in [9.17, 15) is 4.79 Å². The highest BCUT2D eigenvalue weighted by molar-refractivity contribution is 5.77. The molecule has 0 radical (unpaired) electrons. The van der Waals surface area contributed by atoms with Gasteiger partial charge in [-0.25, -0.2) is 0 Å². The third-order valence-corrected chi connectivity index (χ3v) is 4.74. The molecule has 4 nitrogen and oxygen atoms in total. The van der Waals surface area contributed by atoms with Crippen LogP contribution in [0, 0.1) is 0 Å². The molecule has 4 heteroatoms. The lowest BCUT2D eigenvalue weighted by atomic mass is 9.97. The van der Waals surface area contributed by atoms with Gasteiger partial charge in [0, 0.05) is 18.3 Å². The molecule has 1 amide bonds. The van der Waals surface area contributed by atoms with Gasteiger partial charge in [-0.1, -0.05) is 36.4 Å². The topological polar surface area (TPSA) is 42.4 Å². The van der Waals surface area contributed by atoms with E-state index >= 15 is 0 Å². The SMILES string of the molecule is CC1(C)COC(c2ccccc2)CN1C(=O)CCCc1ccccn1. The number of carbonyl (C=O) groups is 1. The monoisotopic (exact) mass is 338 g/mol. The second kappa shape index (κ2) is 7.79. The van der Waals surface area contributed by atoms with E-state index < -0.39 is 0 Å². The first kappa shape index (κ1) is 17.6. The molecule has 1 atom stereocenters. The summed E-state index contributed by atoms with van der Waals surface area (Å²) in [4.78, 5) is 19.1. The standard InChI is InChI=1S/C21H26N2O2/c1-21(2)16-25-19(17-9-4-3-5-10-17)15-23(21)20(24)13-8-12-18-11-6-7-14-22-18/h3-7,9-11,14,19H,8,12-13,15-16H2,1-2H3. The van der Waals surface area contributed by atoms with E-state index in [1.807, 2.05) is 41.3 Å². The zero-order chi connectivity index (χ0) is 17.7. The summed E-state index contributed by atoms with van der Waals surface area (Å²) in [6.45, 7) is 5.31. The van der Waals surface area contributed by atoms with Crippen LogP contribution in [0.25, 0.3) is 0 Å². The number of carbonyl (C=O) groups excluding carboxylic acids is 1. The lowest BCUT2D eigenvalue weighted by molar-refractivity contribution is -0.155. The van der Waals surface area contributed by atoms with Crippen LogP contribution in [0.2, 0.25) is 0 Å². The highest BCUT2D eigenvalue weighted by Crippen LogP contribution is 2.30. The Morgan fingerprint density at radius 2 is 1.96 bits per heavy atom. The van der Waals surface area contributed by atoms with E-state index in [-0.39, 0.29) is 17.6 Å². The van der Waals surface area contributed by atoms with E-state index in [0.717, 1.165) is 24.1 Å². The van der Waals surface area contributed by atoms with Crippen molar-refractivity contribution >= 4 is 5.91 Å². The Morgan fingerprint density at radius 1 is 1.20 bits per heavy atom. The average molecular weight is 338 g/mol. The number of nitrogens with zero attached hydrogens (tertiary/aromatic N) is 2.